The molecule has 0 aliphatic heterocycles. The van der Waals surface area contributed by atoms with Gasteiger partial charge < -0.3 is 14.9 Å². The zero-order valence-corrected chi connectivity index (χ0v) is 25.1. The van der Waals surface area contributed by atoms with Crippen molar-refractivity contribution in [2.24, 2.45) is 0 Å². The van der Waals surface area contributed by atoms with Gasteiger partial charge in [0.1, 0.15) is 11.5 Å². The second kappa shape index (κ2) is 11.5. The zero-order valence-electron chi connectivity index (χ0n) is 23.6. The van der Waals surface area contributed by atoms with E-state index < -0.39 is 0 Å². The van der Waals surface area contributed by atoms with E-state index in [-0.39, 0.29) is 11.9 Å². The van der Waals surface area contributed by atoms with Crippen LogP contribution < -0.4 is 5.32 Å². The average Bonchev–Trinajstić information content (AvgIpc) is 3.78. The topological polar surface area (TPSA) is 91.4 Å². The number of carbonyl (C=O) groups excluding carboxylic acids is 1. The molecular weight excluding hydrogens is 591 g/mol. The molecule has 44 heavy (non-hydrogen) atoms. The summed E-state index contributed by atoms with van der Waals surface area (Å²) in [6.45, 7) is 2.10. The van der Waals surface area contributed by atoms with Gasteiger partial charge in [-0.15, -0.1) is 0 Å². The first-order chi connectivity index (χ1) is 21.5. The summed E-state index contributed by atoms with van der Waals surface area (Å²) in [7, 11) is 0. The van der Waals surface area contributed by atoms with Crippen molar-refractivity contribution < 1.29 is 4.79 Å². The number of hydrogen-bond donors (Lipinski definition) is 3. The Labute approximate surface area is 263 Å². The number of anilines is 1. The lowest BCUT2D eigenvalue weighted by Crippen LogP contribution is -2.15. The molecule has 0 spiro atoms. The number of fused-ring (bicyclic) bond motifs is 1. The monoisotopic (exact) mass is 616 g/mol. The number of nitrogens with one attached hydrogen (secondary N) is 3. The van der Waals surface area contributed by atoms with Gasteiger partial charge in [0, 0.05) is 37.6 Å². The van der Waals surface area contributed by atoms with Crippen LogP contribution in [0.25, 0.3) is 44.5 Å². The summed E-state index contributed by atoms with van der Waals surface area (Å²) in [5, 5.41) is 12.3. The second-order valence-corrected chi connectivity index (χ2v) is 11.4. The van der Waals surface area contributed by atoms with E-state index in [1.807, 2.05) is 109 Å². The van der Waals surface area contributed by atoms with Gasteiger partial charge in [0.05, 0.1) is 30.0 Å². The number of halogens is 2. The molecule has 3 heterocycles. The summed E-state index contributed by atoms with van der Waals surface area (Å²) in [4.78, 5) is 22.5. The standard InChI is InChI=1S/C35H26Cl2N6O/c1-21(22-12-14-25(36)15-13-22)43-20-38-31(24-10-6-3-7-11-24)33(43)30-27-17-16-26(37)18-29(27)40-32(30)35(44)41-34-28(19-39-42-34)23-8-4-2-5-9-23/h2-21,40H,1H3,(H2,39,41,42,44)/t21-/m0/s1. The Kier molecular flexibility index (Phi) is 7.26. The molecule has 7 aromatic rings. The van der Waals surface area contributed by atoms with Crippen molar-refractivity contribution in [1.82, 2.24) is 24.7 Å². The number of H-pyrrole nitrogens is 2. The van der Waals surface area contributed by atoms with Crippen molar-refractivity contribution in [3.8, 4) is 33.6 Å². The van der Waals surface area contributed by atoms with E-state index in [2.05, 4.69) is 32.0 Å². The maximum Gasteiger partial charge on any atom is 0.273 e. The van der Waals surface area contributed by atoms with Gasteiger partial charge in [0.15, 0.2) is 0 Å². The number of imidazole rings is 1. The van der Waals surface area contributed by atoms with Gasteiger partial charge in [-0.2, -0.15) is 5.10 Å². The molecule has 0 aliphatic carbocycles. The van der Waals surface area contributed by atoms with E-state index >= 15 is 0 Å². The largest absolute Gasteiger partial charge is 0.350 e. The molecule has 0 unspecified atom stereocenters. The van der Waals surface area contributed by atoms with E-state index in [1.165, 1.54) is 0 Å². The third kappa shape index (κ3) is 5.06. The van der Waals surface area contributed by atoms with E-state index in [0.717, 1.165) is 44.5 Å². The summed E-state index contributed by atoms with van der Waals surface area (Å²) in [5.74, 6) is 0.162. The van der Waals surface area contributed by atoms with E-state index in [0.29, 0.717) is 27.1 Å². The molecule has 0 radical (unpaired) electrons. The molecule has 9 heteroatoms. The summed E-state index contributed by atoms with van der Waals surface area (Å²) >= 11 is 12.6. The van der Waals surface area contributed by atoms with Crippen molar-refractivity contribution in [2.75, 3.05) is 5.32 Å². The first-order valence-corrected chi connectivity index (χ1v) is 14.8. The minimum atomic E-state index is -0.334. The van der Waals surface area contributed by atoms with Crippen LogP contribution in [0.3, 0.4) is 0 Å². The van der Waals surface area contributed by atoms with Crippen LogP contribution in [-0.2, 0) is 0 Å². The van der Waals surface area contributed by atoms with Crippen LogP contribution in [-0.4, -0.2) is 30.6 Å². The van der Waals surface area contributed by atoms with Gasteiger partial charge >= 0.3 is 0 Å². The molecule has 4 aromatic carbocycles. The van der Waals surface area contributed by atoms with Crippen LogP contribution in [0.1, 0.15) is 29.0 Å². The molecule has 0 bridgehead atoms. The molecular formula is C35H26Cl2N6O. The lowest BCUT2D eigenvalue weighted by Gasteiger charge is -2.19. The number of nitrogens with zero attached hydrogens (tertiary/aromatic N) is 3. The number of aromatic amines is 2. The maximum absolute atomic E-state index is 14.2. The van der Waals surface area contributed by atoms with E-state index in [1.54, 1.807) is 6.20 Å². The summed E-state index contributed by atoms with van der Waals surface area (Å²) < 4.78 is 2.10. The lowest BCUT2D eigenvalue weighted by atomic mass is 9.99. The second-order valence-electron chi connectivity index (χ2n) is 10.5. The lowest BCUT2D eigenvalue weighted by molar-refractivity contribution is 0.102. The smallest absolute Gasteiger partial charge is 0.273 e. The molecule has 216 valence electrons. The fraction of sp³-hybridized carbons (Fsp3) is 0.0571. The molecule has 3 aromatic heterocycles. The van der Waals surface area contributed by atoms with Gasteiger partial charge in [-0.05, 0) is 42.3 Å². The molecule has 0 saturated heterocycles. The van der Waals surface area contributed by atoms with Crippen LogP contribution in [0, 0.1) is 0 Å². The predicted octanol–water partition coefficient (Wildman–Crippen LogP) is 9.26. The van der Waals surface area contributed by atoms with Gasteiger partial charge in [-0.25, -0.2) is 4.98 Å². The number of carbonyl (C=O) groups is 1. The molecule has 7 nitrogen and oxygen atoms in total. The Bertz CT molecular complexity index is 2100. The van der Waals surface area contributed by atoms with Gasteiger partial charge in [0.25, 0.3) is 5.91 Å². The molecule has 3 N–H and O–H groups in total. The Hall–Kier alpha value is -5.11. The molecule has 7 rings (SSSR count). The van der Waals surface area contributed by atoms with E-state index in [4.69, 9.17) is 28.2 Å². The highest BCUT2D eigenvalue weighted by atomic mass is 35.5. The van der Waals surface area contributed by atoms with Crippen LogP contribution in [0.5, 0.6) is 0 Å². The third-order valence-corrected chi connectivity index (χ3v) is 8.28. The van der Waals surface area contributed by atoms with Crippen LogP contribution in [0.15, 0.2) is 116 Å². The number of hydrogen-bond acceptors (Lipinski definition) is 3. The predicted molar refractivity (Wildman–Crippen MR) is 177 cm³/mol. The third-order valence-electron chi connectivity index (χ3n) is 7.80. The van der Waals surface area contributed by atoms with Crippen molar-refractivity contribution in [3.05, 3.63) is 137 Å². The van der Waals surface area contributed by atoms with Crippen molar-refractivity contribution in [1.29, 1.82) is 0 Å². The first-order valence-electron chi connectivity index (χ1n) is 14.1. The highest BCUT2D eigenvalue weighted by Crippen LogP contribution is 2.41. The van der Waals surface area contributed by atoms with Crippen LogP contribution in [0.2, 0.25) is 10.0 Å². The summed E-state index contributed by atoms with van der Waals surface area (Å²) in [5.41, 5.74) is 7.06. The Morgan fingerprint density at radius 1 is 0.864 bits per heavy atom. The molecule has 0 aliphatic rings. The zero-order chi connectivity index (χ0) is 30.2. The van der Waals surface area contributed by atoms with Crippen LogP contribution >= 0.6 is 23.2 Å². The van der Waals surface area contributed by atoms with Gasteiger partial charge in [-0.1, -0.05) is 102 Å². The maximum atomic E-state index is 14.2. The Morgan fingerprint density at radius 3 is 2.27 bits per heavy atom. The molecule has 0 saturated carbocycles. The van der Waals surface area contributed by atoms with Crippen molar-refractivity contribution >= 4 is 45.8 Å². The molecule has 1 amide bonds. The van der Waals surface area contributed by atoms with Crippen LogP contribution in [0.4, 0.5) is 5.82 Å². The van der Waals surface area contributed by atoms with Crippen molar-refractivity contribution in [3.63, 3.8) is 0 Å². The highest BCUT2D eigenvalue weighted by Gasteiger charge is 2.28. The minimum absolute atomic E-state index is 0.127. The summed E-state index contributed by atoms with van der Waals surface area (Å²) in [6, 6.07) is 33.0. The highest BCUT2D eigenvalue weighted by molar-refractivity contribution is 6.31. The normalized spacial score (nSPS) is 12.0. The minimum Gasteiger partial charge on any atom is -0.350 e. The molecule has 1 atom stereocenters. The number of benzene rings is 4. The first kappa shape index (κ1) is 27.7. The fourth-order valence-corrected chi connectivity index (χ4v) is 5.89. The number of rotatable bonds is 7. The SMILES string of the molecule is C[C@@H](c1ccc(Cl)cc1)n1cnc(-c2ccccc2)c1-c1c(C(=O)Nc2[nH]ncc2-c2ccccc2)[nH]c2cc(Cl)ccc12. The number of amides is 1. The summed E-state index contributed by atoms with van der Waals surface area (Å²) in [6.07, 6.45) is 3.53. The van der Waals surface area contributed by atoms with E-state index in [9.17, 15) is 4.79 Å². The fourth-order valence-electron chi connectivity index (χ4n) is 5.59. The molecule has 0 fully saturated rings. The van der Waals surface area contributed by atoms with Gasteiger partial charge in [-0.3, -0.25) is 9.89 Å². The average molecular weight is 618 g/mol. The Morgan fingerprint density at radius 2 is 1.55 bits per heavy atom. The Balaban J connectivity index is 1.42. The van der Waals surface area contributed by atoms with Crippen molar-refractivity contribution in [2.45, 2.75) is 13.0 Å². The quantitative estimate of drug-likeness (QED) is 0.167. The van der Waals surface area contributed by atoms with Gasteiger partial charge in [0.2, 0.25) is 0 Å². The number of aromatic nitrogens is 5.